The van der Waals surface area contributed by atoms with Crippen LogP contribution in [0.25, 0.3) is 0 Å². The molecule has 8 nitrogen and oxygen atoms in total. The summed E-state index contributed by atoms with van der Waals surface area (Å²) in [6.07, 6.45) is 2.10. The number of amides is 4. The lowest BCUT2D eigenvalue weighted by Gasteiger charge is -2.54. The Kier molecular flexibility index (Phi) is 6.23. The quantitative estimate of drug-likeness (QED) is 0.533. The van der Waals surface area contributed by atoms with Gasteiger partial charge in [-0.3, -0.25) is 4.90 Å². The number of carboxylic acid groups (broad SMARTS) is 1. The van der Waals surface area contributed by atoms with E-state index < -0.39 is 24.1 Å². The minimum Gasteiger partial charge on any atom is -0.480 e. The second kappa shape index (κ2) is 9.85. The molecule has 3 aromatic carbocycles. The molecule has 3 aromatic rings. The molecule has 4 amide bonds. The van der Waals surface area contributed by atoms with Gasteiger partial charge in [0.2, 0.25) is 0 Å². The van der Waals surface area contributed by atoms with E-state index in [4.69, 9.17) is 0 Å². The average Bonchev–Trinajstić information content (AvgIpc) is 3.37. The van der Waals surface area contributed by atoms with Gasteiger partial charge in [-0.05, 0) is 54.7 Å². The number of rotatable bonds is 3. The van der Waals surface area contributed by atoms with Crippen LogP contribution in [0.2, 0.25) is 0 Å². The number of piperazine rings is 1. The number of hydrogen-bond acceptors (Lipinski definition) is 3. The smallest absolute Gasteiger partial charge is 0.329 e. The van der Waals surface area contributed by atoms with Gasteiger partial charge in [0.15, 0.2) is 6.04 Å². The van der Waals surface area contributed by atoms with E-state index in [9.17, 15) is 19.5 Å². The van der Waals surface area contributed by atoms with Gasteiger partial charge in [-0.1, -0.05) is 60.7 Å². The molecule has 2 fully saturated rings. The number of carbonyl (C=O) groups is 3. The van der Waals surface area contributed by atoms with Crippen LogP contribution in [0.15, 0.2) is 84.9 Å². The molecule has 0 unspecified atom stereocenters. The largest absolute Gasteiger partial charge is 0.480 e. The summed E-state index contributed by atoms with van der Waals surface area (Å²) in [4.78, 5) is 47.4. The molecule has 6 rings (SSSR count). The highest BCUT2D eigenvalue weighted by molar-refractivity contribution is 6.01. The summed E-state index contributed by atoms with van der Waals surface area (Å²) in [5, 5.41) is 10.4. The van der Waals surface area contributed by atoms with Crippen LogP contribution in [0, 0.1) is 0 Å². The normalized spacial score (nSPS) is 22.1. The maximum absolute atomic E-state index is 14.2. The van der Waals surface area contributed by atoms with Crippen molar-refractivity contribution in [3.63, 3.8) is 0 Å². The number of aliphatic carboxylic acids is 1. The Labute approximate surface area is 221 Å². The van der Waals surface area contributed by atoms with Crippen LogP contribution in [0.4, 0.5) is 21.0 Å². The second-order valence-corrected chi connectivity index (χ2v) is 10.2. The molecule has 2 saturated heterocycles. The first-order valence-electron chi connectivity index (χ1n) is 13.1. The van der Waals surface area contributed by atoms with Crippen LogP contribution < -0.4 is 4.90 Å². The van der Waals surface area contributed by atoms with Gasteiger partial charge >= 0.3 is 18.0 Å². The predicted octanol–water partition coefficient (Wildman–Crippen LogP) is 5.07. The molecule has 38 heavy (non-hydrogen) atoms. The summed E-state index contributed by atoms with van der Waals surface area (Å²) >= 11 is 0. The molecule has 0 spiro atoms. The molecule has 3 heterocycles. The fraction of sp³-hybridized carbons (Fsp3) is 0.300. The zero-order chi connectivity index (χ0) is 26.2. The molecule has 2 bridgehead atoms. The lowest BCUT2D eigenvalue weighted by Crippen LogP contribution is -2.72. The van der Waals surface area contributed by atoms with Crippen LogP contribution in [0.1, 0.15) is 30.4 Å². The van der Waals surface area contributed by atoms with Crippen LogP contribution in [-0.2, 0) is 17.9 Å². The summed E-state index contributed by atoms with van der Waals surface area (Å²) in [6, 6.07) is 24.0. The van der Waals surface area contributed by atoms with Crippen LogP contribution >= 0.6 is 0 Å². The van der Waals surface area contributed by atoms with Crippen molar-refractivity contribution >= 4 is 29.4 Å². The van der Waals surface area contributed by atoms with Gasteiger partial charge in [-0.2, -0.15) is 0 Å². The van der Waals surface area contributed by atoms with Crippen molar-refractivity contribution < 1.29 is 19.5 Å². The number of para-hydroxylation sites is 2. The Bertz CT molecular complexity index is 1280. The highest BCUT2D eigenvalue weighted by Crippen LogP contribution is 2.37. The lowest BCUT2D eigenvalue weighted by atomic mass is 9.86. The molecule has 194 valence electrons. The fourth-order valence-corrected chi connectivity index (χ4v) is 6.23. The third-order valence-electron chi connectivity index (χ3n) is 7.95. The van der Waals surface area contributed by atoms with Gasteiger partial charge in [0.25, 0.3) is 0 Å². The first-order chi connectivity index (χ1) is 18.5. The van der Waals surface area contributed by atoms with E-state index in [-0.39, 0.29) is 18.6 Å². The zero-order valence-electron chi connectivity index (χ0n) is 21.0. The monoisotopic (exact) mass is 510 g/mol. The van der Waals surface area contributed by atoms with Crippen molar-refractivity contribution in [1.29, 1.82) is 0 Å². The van der Waals surface area contributed by atoms with Gasteiger partial charge < -0.3 is 19.8 Å². The number of carbonyl (C=O) groups excluding carboxylic acids is 2. The third kappa shape index (κ3) is 4.16. The van der Waals surface area contributed by atoms with Crippen molar-refractivity contribution in [3.05, 3.63) is 96.1 Å². The highest BCUT2D eigenvalue weighted by Gasteiger charge is 2.52. The van der Waals surface area contributed by atoms with E-state index >= 15 is 0 Å². The first kappa shape index (κ1) is 24.0. The summed E-state index contributed by atoms with van der Waals surface area (Å²) < 4.78 is 0. The van der Waals surface area contributed by atoms with Crippen molar-refractivity contribution in [3.8, 4) is 0 Å². The van der Waals surface area contributed by atoms with E-state index in [0.29, 0.717) is 30.9 Å². The number of urea groups is 2. The van der Waals surface area contributed by atoms with E-state index in [1.807, 2.05) is 84.9 Å². The highest BCUT2D eigenvalue weighted by atomic mass is 16.4. The molecule has 3 atom stereocenters. The minimum atomic E-state index is -1.14. The van der Waals surface area contributed by atoms with E-state index in [0.717, 1.165) is 24.0 Å². The maximum atomic E-state index is 14.2. The van der Waals surface area contributed by atoms with Crippen molar-refractivity contribution in [2.45, 2.75) is 50.5 Å². The molecule has 0 aliphatic carbocycles. The summed E-state index contributed by atoms with van der Waals surface area (Å²) in [6.45, 7) is 1.21. The van der Waals surface area contributed by atoms with Crippen LogP contribution in [0.3, 0.4) is 0 Å². The zero-order valence-corrected chi connectivity index (χ0v) is 21.0. The number of benzene rings is 3. The molecular weight excluding hydrogens is 480 g/mol. The molecule has 0 saturated carbocycles. The Morgan fingerprint density at radius 3 is 1.87 bits per heavy atom. The third-order valence-corrected chi connectivity index (χ3v) is 7.95. The lowest BCUT2D eigenvalue weighted by molar-refractivity contribution is -0.148. The number of piperidine rings is 1. The summed E-state index contributed by atoms with van der Waals surface area (Å²) in [7, 11) is 0. The Balaban J connectivity index is 1.32. The number of carboxylic acids is 1. The van der Waals surface area contributed by atoms with E-state index in [1.165, 1.54) is 4.90 Å². The van der Waals surface area contributed by atoms with E-state index in [2.05, 4.69) is 0 Å². The first-order valence-corrected chi connectivity index (χ1v) is 13.1. The summed E-state index contributed by atoms with van der Waals surface area (Å²) in [5.74, 6) is -1.09. The Morgan fingerprint density at radius 2 is 1.32 bits per heavy atom. The van der Waals surface area contributed by atoms with Crippen molar-refractivity contribution in [2.75, 3.05) is 11.4 Å². The molecule has 0 radical (unpaired) electrons. The van der Waals surface area contributed by atoms with Gasteiger partial charge in [-0.25, -0.2) is 14.4 Å². The van der Waals surface area contributed by atoms with Crippen LogP contribution in [-0.4, -0.2) is 62.5 Å². The number of nitrogens with zero attached hydrogens (tertiary/aromatic N) is 4. The molecule has 3 aliphatic rings. The van der Waals surface area contributed by atoms with Crippen molar-refractivity contribution in [2.24, 2.45) is 0 Å². The van der Waals surface area contributed by atoms with Crippen molar-refractivity contribution in [1.82, 2.24) is 14.7 Å². The second-order valence-electron chi connectivity index (χ2n) is 10.2. The van der Waals surface area contributed by atoms with Gasteiger partial charge in [0, 0.05) is 19.6 Å². The molecule has 0 aromatic heterocycles. The standard InChI is InChI=1S/C30H30N4O4/c35-28(36)27-26-17-9-16-25(34(26)29(37)31-18-21-10-7-8-11-22(21)19-31)20-32(27)30(38)33(23-12-3-1-4-13-23)24-14-5-2-6-15-24/h1-8,10-15,25-27H,9,16-20H2,(H,35,36)/t25-,26+,27-/m0/s1. The molecule has 8 heteroatoms. The fourth-order valence-electron chi connectivity index (χ4n) is 6.23. The van der Waals surface area contributed by atoms with E-state index in [1.54, 1.807) is 14.7 Å². The predicted molar refractivity (Wildman–Crippen MR) is 143 cm³/mol. The number of anilines is 2. The molecular formula is C30H30N4O4. The Hall–Kier alpha value is -4.33. The number of hydrogen-bond donors (Lipinski definition) is 1. The molecule has 3 aliphatic heterocycles. The maximum Gasteiger partial charge on any atom is 0.329 e. The summed E-state index contributed by atoms with van der Waals surface area (Å²) in [5.41, 5.74) is 3.56. The van der Waals surface area contributed by atoms with Gasteiger partial charge in [-0.15, -0.1) is 0 Å². The Morgan fingerprint density at radius 1 is 0.763 bits per heavy atom. The number of fused-ring (bicyclic) bond motifs is 3. The molecule has 1 N–H and O–H groups in total. The van der Waals surface area contributed by atoms with Crippen LogP contribution in [0.5, 0.6) is 0 Å². The van der Waals surface area contributed by atoms with Gasteiger partial charge in [0.05, 0.1) is 23.5 Å². The topological polar surface area (TPSA) is 84.4 Å². The average molecular weight is 511 g/mol. The SMILES string of the molecule is O=C(O)[C@@H]1[C@H]2CCC[C@@H](CN1C(=O)N(c1ccccc1)c1ccccc1)N2C(=O)N1Cc2ccccc2C1. The number of likely N-dealkylation sites (tertiary alicyclic amines) is 1. The minimum absolute atomic E-state index is 0.141. The van der Waals surface area contributed by atoms with Gasteiger partial charge in [0.1, 0.15) is 0 Å².